The van der Waals surface area contributed by atoms with Crippen LogP contribution in [0.2, 0.25) is 0 Å². The normalized spacial score (nSPS) is 17.1. The minimum Gasteiger partial charge on any atom is -0.300 e. The second-order valence-electron chi connectivity index (χ2n) is 4.85. The van der Waals surface area contributed by atoms with Gasteiger partial charge in [-0.05, 0) is 12.8 Å². The van der Waals surface area contributed by atoms with Gasteiger partial charge in [0, 0.05) is 13.1 Å². The van der Waals surface area contributed by atoms with Crippen molar-refractivity contribution in [2.24, 2.45) is 0 Å². The number of piperidine rings is 1. The minimum absolute atomic E-state index is 0.0479. The number of imidazole rings is 1. The summed E-state index contributed by atoms with van der Waals surface area (Å²) in [6, 6.07) is 0. The first-order valence-electron chi connectivity index (χ1n) is 6.56. The molecule has 22 heavy (non-hydrogen) atoms. The minimum atomic E-state index is -4.65. The average Bonchev–Trinajstić information content (AvgIpc) is 2.79. The van der Waals surface area contributed by atoms with E-state index in [4.69, 9.17) is 4.28 Å². The van der Waals surface area contributed by atoms with Gasteiger partial charge in [-0.25, -0.2) is 9.59 Å². The van der Waals surface area contributed by atoms with Crippen molar-refractivity contribution in [3.63, 3.8) is 0 Å². The van der Waals surface area contributed by atoms with Crippen molar-refractivity contribution in [1.29, 1.82) is 0 Å². The fourth-order valence-electron chi connectivity index (χ4n) is 2.30. The molecule has 1 aliphatic rings. The Labute approximate surface area is 122 Å². The first kappa shape index (κ1) is 14.7. The largest absolute Gasteiger partial charge is 0.389 e. The number of fused-ring (bicyclic) bond motifs is 1. The van der Waals surface area contributed by atoms with Gasteiger partial charge in [0.1, 0.15) is 5.65 Å². The molecular formula is C10H13N5O6S. The lowest BCUT2D eigenvalue weighted by Crippen LogP contribution is -2.44. The molecule has 2 aromatic heterocycles. The van der Waals surface area contributed by atoms with E-state index in [1.54, 1.807) is 0 Å². The first-order valence-corrected chi connectivity index (χ1v) is 7.92. The molecule has 3 heterocycles. The van der Waals surface area contributed by atoms with Crippen molar-refractivity contribution < 1.29 is 12.7 Å². The van der Waals surface area contributed by atoms with Gasteiger partial charge in [-0.3, -0.25) is 19.7 Å². The van der Waals surface area contributed by atoms with Gasteiger partial charge in [-0.1, -0.05) is 6.42 Å². The number of aromatic nitrogens is 4. The van der Waals surface area contributed by atoms with Gasteiger partial charge in [0.25, 0.3) is 5.56 Å². The predicted octanol–water partition coefficient (Wildman–Crippen LogP) is -1.78. The molecule has 0 atom stereocenters. The monoisotopic (exact) mass is 331 g/mol. The molecule has 0 unspecified atom stereocenters. The van der Waals surface area contributed by atoms with Gasteiger partial charge in [0.2, 0.25) is 0 Å². The maximum absolute atomic E-state index is 12.2. The average molecular weight is 331 g/mol. The predicted molar refractivity (Wildman–Crippen MR) is 74.6 cm³/mol. The summed E-state index contributed by atoms with van der Waals surface area (Å²) >= 11 is 0. The summed E-state index contributed by atoms with van der Waals surface area (Å²) in [5.74, 6) is 0. The van der Waals surface area contributed by atoms with E-state index in [0.717, 1.165) is 19.3 Å². The van der Waals surface area contributed by atoms with Crippen molar-refractivity contribution in [1.82, 2.24) is 24.0 Å². The van der Waals surface area contributed by atoms with Crippen molar-refractivity contribution in [3.05, 3.63) is 31.3 Å². The Morgan fingerprint density at radius 2 is 1.64 bits per heavy atom. The van der Waals surface area contributed by atoms with E-state index in [0.29, 0.717) is 13.1 Å². The molecule has 0 spiro atoms. The van der Waals surface area contributed by atoms with E-state index in [1.807, 2.05) is 0 Å². The summed E-state index contributed by atoms with van der Waals surface area (Å²) in [5.41, 5.74) is -3.67. The van der Waals surface area contributed by atoms with E-state index in [1.165, 1.54) is 5.06 Å². The summed E-state index contributed by atoms with van der Waals surface area (Å²) in [7, 11) is -4.65. The Hall–Kier alpha value is -2.18. The molecular weight excluding hydrogens is 318 g/mol. The van der Waals surface area contributed by atoms with Crippen molar-refractivity contribution in [2.45, 2.75) is 19.3 Å². The highest BCUT2D eigenvalue weighted by Gasteiger charge is 2.26. The molecule has 1 aliphatic heterocycles. The smallest absolute Gasteiger partial charge is 0.300 e. The maximum atomic E-state index is 12.2. The molecule has 0 amide bonds. The topological polar surface area (TPSA) is 150 Å². The van der Waals surface area contributed by atoms with E-state index in [9.17, 15) is 22.8 Å². The van der Waals surface area contributed by atoms with Gasteiger partial charge < -0.3 is 0 Å². The van der Waals surface area contributed by atoms with Crippen LogP contribution >= 0.6 is 0 Å². The lowest BCUT2D eigenvalue weighted by molar-refractivity contribution is -0.0669. The van der Waals surface area contributed by atoms with Crippen LogP contribution in [0, 0.1) is 0 Å². The highest BCUT2D eigenvalue weighted by molar-refractivity contribution is 7.85. The zero-order valence-electron chi connectivity index (χ0n) is 11.3. The van der Waals surface area contributed by atoms with E-state index in [2.05, 4.69) is 15.0 Å². The van der Waals surface area contributed by atoms with Crippen LogP contribution in [-0.4, -0.2) is 45.5 Å². The molecule has 0 aromatic carbocycles. The lowest BCUT2D eigenvalue weighted by Gasteiger charge is -2.24. The lowest BCUT2D eigenvalue weighted by atomic mass is 10.2. The molecule has 0 saturated carbocycles. The van der Waals surface area contributed by atoms with Gasteiger partial charge in [-0.15, -0.1) is 3.97 Å². The van der Waals surface area contributed by atoms with Crippen molar-refractivity contribution in [3.8, 4) is 0 Å². The second kappa shape index (κ2) is 5.23. The van der Waals surface area contributed by atoms with E-state index < -0.39 is 27.2 Å². The Bertz CT molecular complexity index is 974. The van der Waals surface area contributed by atoms with Crippen LogP contribution in [0.3, 0.4) is 0 Å². The van der Waals surface area contributed by atoms with Crippen LogP contribution in [0.25, 0.3) is 11.2 Å². The van der Waals surface area contributed by atoms with Crippen LogP contribution in [0.1, 0.15) is 19.3 Å². The quantitative estimate of drug-likeness (QED) is 0.601. The third kappa shape index (κ3) is 2.51. The number of rotatable bonds is 3. The van der Waals surface area contributed by atoms with Crippen LogP contribution in [-0.2, 0) is 14.6 Å². The number of hydroxylamine groups is 2. The molecule has 120 valence electrons. The van der Waals surface area contributed by atoms with Crippen LogP contribution < -0.4 is 16.9 Å². The zero-order chi connectivity index (χ0) is 15.9. The highest BCUT2D eigenvalue weighted by atomic mass is 32.2. The summed E-state index contributed by atoms with van der Waals surface area (Å²) in [6.07, 6.45) is 2.47. The van der Waals surface area contributed by atoms with Crippen LogP contribution in [0.4, 0.5) is 0 Å². The molecule has 3 rings (SSSR count). The highest BCUT2D eigenvalue weighted by Crippen LogP contribution is 2.11. The summed E-state index contributed by atoms with van der Waals surface area (Å²) in [4.78, 5) is 41.5. The van der Waals surface area contributed by atoms with E-state index >= 15 is 0 Å². The number of hydrogen-bond acceptors (Lipinski definition) is 7. The number of aromatic amines is 3. The number of hydrogen-bond donors (Lipinski definition) is 3. The third-order valence-corrected chi connectivity index (χ3v) is 4.46. The molecule has 2 aromatic rings. The standard InChI is InChI=1S/C10H13N5O6S/c16-8-6-7(12-9(17)11-6)13-10(18)15(8)22(19,20)21-14-4-2-1-3-5-14/h1-5H2,(H,13,18)(H2,11,12,17). The molecule has 0 aliphatic carbocycles. The third-order valence-electron chi connectivity index (χ3n) is 3.28. The summed E-state index contributed by atoms with van der Waals surface area (Å²) in [5, 5.41) is 1.19. The van der Waals surface area contributed by atoms with E-state index in [-0.39, 0.29) is 15.1 Å². The number of nitrogens with zero attached hydrogens (tertiary/aromatic N) is 2. The molecule has 11 nitrogen and oxygen atoms in total. The fourth-order valence-corrected chi connectivity index (χ4v) is 3.32. The zero-order valence-corrected chi connectivity index (χ0v) is 12.1. The molecule has 3 N–H and O–H groups in total. The van der Waals surface area contributed by atoms with Crippen molar-refractivity contribution in [2.75, 3.05) is 13.1 Å². The Morgan fingerprint density at radius 1 is 0.955 bits per heavy atom. The van der Waals surface area contributed by atoms with Gasteiger partial charge in [0.15, 0.2) is 5.52 Å². The fraction of sp³-hybridized carbons (Fsp3) is 0.500. The van der Waals surface area contributed by atoms with Crippen LogP contribution in [0.15, 0.2) is 14.4 Å². The van der Waals surface area contributed by atoms with Crippen molar-refractivity contribution >= 4 is 21.5 Å². The molecule has 0 bridgehead atoms. The molecule has 0 radical (unpaired) electrons. The van der Waals surface area contributed by atoms with Gasteiger partial charge >= 0.3 is 21.7 Å². The molecule has 12 heteroatoms. The van der Waals surface area contributed by atoms with Crippen LogP contribution in [0.5, 0.6) is 0 Å². The Morgan fingerprint density at radius 3 is 2.32 bits per heavy atom. The maximum Gasteiger partial charge on any atom is 0.389 e. The van der Waals surface area contributed by atoms with Gasteiger partial charge in [0.05, 0.1) is 0 Å². The number of nitrogens with one attached hydrogen (secondary N) is 3. The Kier molecular flexibility index (Phi) is 3.50. The summed E-state index contributed by atoms with van der Waals surface area (Å²) < 4.78 is 29.1. The molecule has 1 saturated heterocycles. The first-order chi connectivity index (χ1) is 10.4. The summed E-state index contributed by atoms with van der Waals surface area (Å²) in [6.45, 7) is 0.768. The SMILES string of the molecule is O=c1[nH]c2[nH]c(=O)n(S(=O)(=O)ON3CCCCC3)c(=O)c2[nH]1. The van der Waals surface area contributed by atoms with Gasteiger partial charge in [-0.2, -0.15) is 17.8 Å². The molecule has 1 fully saturated rings. The number of H-pyrrole nitrogens is 3. The second-order valence-corrected chi connectivity index (χ2v) is 6.22. The Balaban J connectivity index is 2.10.